The van der Waals surface area contributed by atoms with Gasteiger partial charge >= 0.3 is 0 Å². The Balaban J connectivity index is 2.28. The molecule has 1 aromatic carbocycles. The fourth-order valence-corrected chi connectivity index (χ4v) is 1.37. The van der Waals surface area contributed by atoms with E-state index in [2.05, 4.69) is 4.98 Å². The second-order valence-electron chi connectivity index (χ2n) is 3.28. The first-order chi connectivity index (χ1) is 7.81. The molecule has 3 heteroatoms. The van der Waals surface area contributed by atoms with E-state index in [4.69, 9.17) is 4.74 Å². The molecule has 80 valence electrons. The third kappa shape index (κ3) is 2.08. The molecule has 0 N–H and O–H groups in total. The quantitative estimate of drug-likeness (QED) is 0.734. The maximum Gasteiger partial charge on any atom is 0.211 e. The predicted octanol–water partition coefficient (Wildman–Crippen LogP) is 2.32. The summed E-state index contributed by atoms with van der Waals surface area (Å²) in [4.78, 5) is 16.0. The van der Waals surface area contributed by atoms with Crippen LogP contribution in [0.5, 0.6) is 5.75 Å². The molecule has 2 rings (SSSR count). The Labute approximate surface area is 93.7 Å². The van der Waals surface area contributed by atoms with Gasteiger partial charge in [-0.05, 0) is 12.1 Å². The van der Waals surface area contributed by atoms with Crippen molar-refractivity contribution in [2.24, 2.45) is 0 Å². The third-order valence-corrected chi connectivity index (χ3v) is 2.24. The molecule has 0 unspecified atom stereocenters. The van der Waals surface area contributed by atoms with Crippen LogP contribution in [-0.2, 0) is 0 Å². The zero-order chi connectivity index (χ0) is 11.4. The maximum atomic E-state index is 11.9. The summed E-state index contributed by atoms with van der Waals surface area (Å²) in [6, 6.07) is 12.5. The molecular weight excluding hydrogens is 202 g/mol. The van der Waals surface area contributed by atoms with Crippen LogP contribution >= 0.6 is 0 Å². The molecule has 0 saturated carbocycles. The van der Waals surface area contributed by atoms with E-state index in [-0.39, 0.29) is 5.78 Å². The van der Waals surface area contributed by atoms with Crippen molar-refractivity contribution < 1.29 is 9.53 Å². The van der Waals surface area contributed by atoms with Crippen LogP contribution in [0.2, 0.25) is 0 Å². The second kappa shape index (κ2) is 4.57. The number of ether oxygens (including phenoxy) is 1. The third-order valence-electron chi connectivity index (χ3n) is 2.24. The molecule has 0 radical (unpaired) electrons. The van der Waals surface area contributed by atoms with E-state index in [0.717, 1.165) is 0 Å². The van der Waals surface area contributed by atoms with E-state index < -0.39 is 0 Å². The molecule has 1 heterocycles. The highest BCUT2D eigenvalue weighted by Gasteiger charge is 2.09. The van der Waals surface area contributed by atoms with E-state index >= 15 is 0 Å². The molecule has 0 saturated heterocycles. The smallest absolute Gasteiger partial charge is 0.211 e. The molecular formula is C13H11NO2. The van der Waals surface area contributed by atoms with Crippen LogP contribution < -0.4 is 4.74 Å². The summed E-state index contributed by atoms with van der Waals surface area (Å²) in [7, 11) is 1.57. The van der Waals surface area contributed by atoms with Crippen LogP contribution in [0.4, 0.5) is 0 Å². The van der Waals surface area contributed by atoms with Crippen molar-refractivity contribution in [2.75, 3.05) is 7.11 Å². The average molecular weight is 213 g/mol. The molecule has 3 nitrogen and oxygen atoms in total. The lowest BCUT2D eigenvalue weighted by atomic mass is 10.1. The number of methoxy groups -OCH3 is 1. The number of ketones is 1. The lowest BCUT2D eigenvalue weighted by Crippen LogP contribution is -2.03. The van der Waals surface area contributed by atoms with Gasteiger partial charge in [-0.15, -0.1) is 0 Å². The van der Waals surface area contributed by atoms with Gasteiger partial charge in [0, 0.05) is 5.56 Å². The van der Waals surface area contributed by atoms with Gasteiger partial charge in [-0.1, -0.05) is 30.3 Å². The number of carbonyl (C=O) groups is 1. The number of pyridine rings is 1. The maximum absolute atomic E-state index is 11.9. The van der Waals surface area contributed by atoms with Gasteiger partial charge in [0.05, 0.1) is 13.3 Å². The van der Waals surface area contributed by atoms with Gasteiger partial charge < -0.3 is 4.74 Å². The number of hydrogen-bond donors (Lipinski definition) is 0. The van der Waals surface area contributed by atoms with Gasteiger partial charge in [-0.2, -0.15) is 0 Å². The number of rotatable bonds is 3. The number of carbonyl (C=O) groups excluding carboxylic acids is 1. The van der Waals surface area contributed by atoms with Crippen molar-refractivity contribution in [3.8, 4) is 5.75 Å². The fraction of sp³-hybridized carbons (Fsp3) is 0.0769. The fourth-order valence-electron chi connectivity index (χ4n) is 1.37. The van der Waals surface area contributed by atoms with Crippen molar-refractivity contribution in [2.45, 2.75) is 0 Å². The van der Waals surface area contributed by atoms with Crippen molar-refractivity contribution >= 4 is 5.78 Å². The molecule has 0 atom stereocenters. The minimum atomic E-state index is -0.0803. The Hall–Kier alpha value is -2.16. The van der Waals surface area contributed by atoms with Crippen LogP contribution in [0.1, 0.15) is 16.1 Å². The predicted molar refractivity (Wildman–Crippen MR) is 60.7 cm³/mol. The Morgan fingerprint density at radius 3 is 2.44 bits per heavy atom. The lowest BCUT2D eigenvalue weighted by molar-refractivity contribution is 0.103. The lowest BCUT2D eigenvalue weighted by Gasteiger charge is -2.01. The summed E-state index contributed by atoms with van der Waals surface area (Å²) in [5.74, 6) is 0.563. The zero-order valence-electron chi connectivity index (χ0n) is 8.88. The highest BCUT2D eigenvalue weighted by Crippen LogP contribution is 2.11. The monoisotopic (exact) mass is 213 g/mol. The van der Waals surface area contributed by atoms with Crippen molar-refractivity contribution in [1.29, 1.82) is 0 Å². The topological polar surface area (TPSA) is 39.2 Å². The van der Waals surface area contributed by atoms with Crippen LogP contribution in [0.15, 0.2) is 48.7 Å². The van der Waals surface area contributed by atoms with Gasteiger partial charge in [0.2, 0.25) is 5.78 Å². The summed E-state index contributed by atoms with van der Waals surface area (Å²) in [5.41, 5.74) is 1.06. The zero-order valence-corrected chi connectivity index (χ0v) is 8.88. The Morgan fingerprint density at radius 1 is 1.12 bits per heavy atom. The van der Waals surface area contributed by atoms with E-state index in [0.29, 0.717) is 17.0 Å². The molecule has 0 spiro atoms. The Morgan fingerprint density at radius 2 is 1.88 bits per heavy atom. The number of hydrogen-bond acceptors (Lipinski definition) is 3. The van der Waals surface area contributed by atoms with Crippen LogP contribution in [0, 0.1) is 0 Å². The summed E-state index contributed by atoms with van der Waals surface area (Å²) in [6.07, 6.45) is 1.54. The summed E-state index contributed by atoms with van der Waals surface area (Å²) in [6.45, 7) is 0. The van der Waals surface area contributed by atoms with Gasteiger partial charge in [0.1, 0.15) is 11.4 Å². The first-order valence-electron chi connectivity index (χ1n) is 4.91. The van der Waals surface area contributed by atoms with Crippen LogP contribution in [0.25, 0.3) is 0 Å². The molecule has 0 aliphatic carbocycles. The van der Waals surface area contributed by atoms with Crippen LogP contribution in [0.3, 0.4) is 0 Å². The Kier molecular flexibility index (Phi) is 2.96. The van der Waals surface area contributed by atoms with Crippen molar-refractivity contribution in [3.63, 3.8) is 0 Å². The van der Waals surface area contributed by atoms with Gasteiger partial charge in [0.15, 0.2) is 0 Å². The number of nitrogens with zero attached hydrogens (tertiary/aromatic N) is 1. The summed E-state index contributed by atoms with van der Waals surface area (Å²) in [5, 5.41) is 0. The number of benzene rings is 1. The highest BCUT2D eigenvalue weighted by atomic mass is 16.5. The Bertz CT molecular complexity index is 477. The normalized spacial score (nSPS) is 9.81. The average Bonchev–Trinajstić information content (AvgIpc) is 2.39. The molecule has 0 bridgehead atoms. The molecule has 0 fully saturated rings. The van der Waals surface area contributed by atoms with Gasteiger partial charge in [-0.3, -0.25) is 4.79 Å². The van der Waals surface area contributed by atoms with Gasteiger partial charge in [0.25, 0.3) is 0 Å². The minimum absolute atomic E-state index is 0.0803. The summed E-state index contributed by atoms with van der Waals surface area (Å²) < 4.78 is 4.98. The van der Waals surface area contributed by atoms with Crippen LogP contribution in [-0.4, -0.2) is 17.9 Å². The summed E-state index contributed by atoms with van der Waals surface area (Å²) >= 11 is 0. The van der Waals surface area contributed by atoms with Crippen molar-refractivity contribution in [1.82, 2.24) is 4.98 Å². The van der Waals surface area contributed by atoms with E-state index in [1.54, 1.807) is 31.4 Å². The highest BCUT2D eigenvalue weighted by molar-refractivity contribution is 6.07. The van der Waals surface area contributed by atoms with E-state index in [9.17, 15) is 4.79 Å². The largest absolute Gasteiger partial charge is 0.495 e. The van der Waals surface area contributed by atoms with E-state index in [1.165, 1.54) is 6.20 Å². The molecule has 1 aromatic heterocycles. The minimum Gasteiger partial charge on any atom is -0.495 e. The standard InChI is InChI=1S/C13H11NO2/c1-16-11-7-8-12(14-9-11)13(15)10-5-3-2-4-6-10/h2-9H,1H3. The molecule has 16 heavy (non-hydrogen) atoms. The first-order valence-corrected chi connectivity index (χ1v) is 4.91. The first kappa shape index (κ1) is 10.4. The molecule has 0 aliphatic rings. The van der Waals surface area contributed by atoms with E-state index in [1.807, 2.05) is 18.2 Å². The molecule has 0 aliphatic heterocycles. The second-order valence-corrected chi connectivity index (χ2v) is 3.28. The number of aromatic nitrogens is 1. The molecule has 0 amide bonds. The SMILES string of the molecule is COc1ccc(C(=O)c2ccccc2)nc1. The van der Waals surface area contributed by atoms with Gasteiger partial charge in [-0.25, -0.2) is 4.98 Å². The van der Waals surface area contributed by atoms with Crippen molar-refractivity contribution in [3.05, 3.63) is 59.9 Å². The molecule has 2 aromatic rings.